The third-order valence-corrected chi connectivity index (χ3v) is 5.76. The van der Waals surface area contributed by atoms with Crippen LogP contribution in [0.15, 0.2) is 54.7 Å². The fraction of sp³-hybridized carbons (Fsp3) is 0.360. The molecule has 0 aliphatic heterocycles. The molecule has 3 rings (SSSR count). The molecule has 2 N–H and O–H groups in total. The van der Waals surface area contributed by atoms with Gasteiger partial charge in [-0.15, -0.1) is 16.7 Å². The predicted octanol–water partition coefficient (Wildman–Crippen LogP) is 4.32. The second-order valence-corrected chi connectivity index (χ2v) is 10.3. The summed E-state index contributed by atoms with van der Waals surface area (Å²) in [7, 11) is 0. The van der Waals surface area contributed by atoms with E-state index in [9.17, 15) is 14.7 Å². The number of nitrogens with one attached hydrogen (secondary N) is 1. The highest BCUT2D eigenvalue weighted by Crippen LogP contribution is 2.26. The van der Waals surface area contributed by atoms with Gasteiger partial charge in [0.25, 0.3) is 0 Å². The Labute approximate surface area is 230 Å². The first-order valence-electron chi connectivity index (χ1n) is 11.4. The van der Waals surface area contributed by atoms with E-state index in [1.165, 1.54) is 15.8 Å². The van der Waals surface area contributed by atoms with E-state index in [4.69, 9.17) is 39.5 Å². The molecular weight excluding hydrogens is 541 g/mol. The molecule has 0 radical (unpaired) electrons. The van der Waals surface area contributed by atoms with E-state index < -0.39 is 29.7 Å². The number of hydrogen-bond donors (Lipinski definition) is 2. The summed E-state index contributed by atoms with van der Waals surface area (Å²) in [4.78, 5) is 27.4. The number of anilines is 1. The van der Waals surface area contributed by atoms with Gasteiger partial charge in [-0.2, -0.15) is 0 Å². The predicted molar refractivity (Wildman–Crippen MR) is 143 cm³/mol. The van der Waals surface area contributed by atoms with Gasteiger partial charge in [-0.05, 0) is 44.5 Å². The molecule has 0 fully saturated rings. The highest BCUT2D eigenvalue weighted by molar-refractivity contribution is 6.31. The Balaban J connectivity index is 1.90. The SMILES string of the molecule is CC(C)(C)OC(=O)C(Cc1ccccc1)N(CC(O)Nc1cc(Cl)ccc1-n1cc(Cl)nn1)C(=O)CCl. The van der Waals surface area contributed by atoms with Gasteiger partial charge in [-0.3, -0.25) is 4.79 Å². The van der Waals surface area contributed by atoms with Crippen LogP contribution in [0.5, 0.6) is 0 Å². The van der Waals surface area contributed by atoms with Crippen LogP contribution in [0.4, 0.5) is 5.69 Å². The van der Waals surface area contributed by atoms with Gasteiger partial charge in [-0.1, -0.05) is 58.7 Å². The maximum atomic E-state index is 13.2. The summed E-state index contributed by atoms with van der Waals surface area (Å²) < 4.78 is 7.03. The lowest BCUT2D eigenvalue weighted by molar-refractivity contribution is -0.165. The second kappa shape index (κ2) is 12.6. The van der Waals surface area contributed by atoms with E-state index in [-0.39, 0.29) is 24.0 Å². The Hall–Kier alpha value is -2.85. The molecule has 198 valence electrons. The van der Waals surface area contributed by atoms with E-state index in [0.717, 1.165) is 5.56 Å². The van der Waals surface area contributed by atoms with Crippen molar-refractivity contribution in [3.8, 4) is 5.69 Å². The fourth-order valence-corrected chi connectivity index (χ4v) is 4.06. The van der Waals surface area contributed by atoms with Gasteiger partial charge in [0.1, 0.15) is 23.8 Å². The Bertz CT molecular complexity index is 1220. The number of aliphatic hydroxyl groups is 1. The summed E-state index contributed by atoms with van der Waals surface area (Å²) in [5, 5.41) is 22.2. The molecular formula is C25H28Cl3N5O4. The average Bonchev–Trinajstić information content (AvgIpc) is 3.26. The van der Waals surface area contributed by atoms with E-state index in [1.54, 1.807) is 39.0 Å². The first-order valence-corrected chi connectivity index (χ1v) is 12.7. The second-order valence-electron chi connectivity index (χ2n) is 9.23. The number of hydrogen-bond acceptors (Lipinski definition) is 7. The normalized spacial score (nSPS) is 13.1. The van der Waals surface area contributed by atoms with Crippen molar-refractivity contribution in [2.45, 2.75) is 45.1 Å². The zero-order valence-electron chi connectivity index (χ0n) is 20.6. The van der Waals surface area contributed by atoms with Gasteiger partial charge < -0.3 is 20.1 Å². The number of halogens is 3. The molecule has 9 nitrogen and oxygen atoms in total. The number of rotatable bonds is 10. The van der Waals surface area contributed by atoms with Crippen LogP contribution in [-0.2, 0) is 20.7 Å². The Morgan fingerprint density at radius 1 is 1.16 bits per heavy atom. The lowest BCUT2D eigenvalue weighted by atomic mass is 10.0. The highest BCUT2D eigenvalue weighted by atomic mass is 35.5. The molecule has 0 saturated carbocycles. The number of alkyl halides is 1. The summed E-state index contributed by atoms with van der Waals surface area (Å²) >= 11 is 18.0. The summed E-state index contributed by atoms with van der Waals surface area (Å²) in [5.74, 6) is -1.54. The molecule has 0 saturated heterocycles. The number of aliphatic hydroxyl groups excluding tert-OH is 1. The summed E-state index contributed by atoms with van der Waals surface area (Å²) in [6, 6.07) is 13.1. The van der Waals surface area contributed by atoms with Gasteiger partial charge >= 0.3 is 5.97 Å². The minimum Gasteiger partial charge on any atom is -0.458 e. The van der Waals surface area contributed by atoms with Crippen LogP contribution in [0.1, 0.15) is 26.3 Å². The van der Waals surface area contributed by atoms with E-state index >= 15 is 0 Å². The highest BCUT2D eigenvalue weighted by Gasteiger charge is 2.34. The minimum absolute atomic E-state index is 0.172. The standard InChI is InChI=1S/C25H28Cl3N5O4/c1-25(2,3)37-24(36)20(11-16-7-5-4-6-8-16)32(23(35)13-26)15-22(34)29-18-12-17(27)9-10-19(18)33-14-21(28)30-31-33/h4-10,12,14,20,22,29,34H,11,13,15H2,1-3H3. The molecule has 0 aliphatic carbocycles. The number of amides is 1. The molecule has 2 aromatic carbocycles. The first kappa shape index (κ1) is 28.7. The van der Waals surface area contributed by atoms with E-state index in [1.807, 2.05) is 30.3 Å². The van der Waals surface area contributed by atoms with Crippen LogP contribution in [0.25, 0.3) is 5.69 Å². The molecule has 12 heteroatoms. The zero-order valence-corrected chi connectivity index (χ0v) is 22.8. The monoisotopic (exact) mass is 567 g/mol. The molecule has 1 heterocycles. The summed E-state index contributed by atoms with van der Waals surface area (Å²) in [6.45, 7) is 4.95. The zero-order chi connectivity index (χ0) is 27.2. The summed E-state index contributed by atoms with van der Waals surface area (Å²) in [6.07, 6.45) is 0.346. The number of aromatic nitrogens is 3. The van der Waals surface area contributed by atoms with Crippen molar-refractivity contribution in [1.82, 2.24) is 19.9 Å². The molecule has 0 spiro atoms. The van der Waals surface area contributed by atoms with Gasteiger partial charge in [0.05, 0.1) is 24.1 Å². The van der Waals surface area contributed by atoms with Crippen molar-refractivity contribution < 1.29 is 19.4 Å². The van der Waals surface area contributed by atoms with Crippen molar-refractivity contribution in [3.05, 3.63) is 70.5 Å². The molecule has 1 aromatic heterocycles. The van der Waals surface area contributed by atoms with Crippen LogP contribution >= 0.6 is 34.8 Å². The minimum atomic E-state index is -1.32. The van der Waals surface area contributed by atoms with Crippen LogP contribution in [0, 0.1) is 0 Å². The maximum absolute atomic E-state index is 13.2. The summed E-state index contributed by atoms with van der Waals surface area (Å²) in [5.41, 5.74) is 0.934. The lowest BCUT2D eigenvalue weighted by Gasteiger charge is -2.34. The molecule has 3 aromatic rings. The van der Waals surface area contributed by atoms with Crippen LogP contribution in [0.3, 0.4) is 0 Å². The third-order valence-electron chi connectivity index (χ3n) is 5.12. The van der Waals surface area contributed by atoms with Crippen molar-refractivity contribution in [3.63, 3.8) is 0 Å². The van der Waals surface area contributed by atoms with E-state index in [0.29, 0.717) is 16.4 Å². The molecule has 2 unspecified atom stereocenters. The Morgan fingerprint density at radius 3 is 2.46 bits per heavy atom. The van der Waals surface area contributed by atoms with Crippen LogP contribution in [-0.4, -0.2) is 67.2 Å². The molecule has 0 aliphatic rings. The molecule has 1 amide bonds. The number of carbonyl (C=O) groups excluding carboxylic acids is 2. The van der Waals surface area contributed by atoms with E-state index in [2.05, 4.69) is 15.6 Å². The molecule has 0 bridgehead atoms. The number of benzene rings is 2. The number of nitrogens with zero attached hydrogens (tertiary/aromatic N) is 4. The smallest absolute Gasteiger partial charge is 0.329 e. The quantitative estimate of drug-likeness (QED) is 0.213. The van der Waals surface area contributed by atoms with Gasteiger partial charge in [-0.25, -0.2) is 9.48 Å². The van der Waals surface area contributed by atoms with Crippen LogP contribution in [0.2, 0.25) is 10.2 Å². The molecule has 37 heavy (non-hydrogen) atoms. The van der Waals surface area contributed by atoms with Crippen LogP contribution < -0.4 is 5.32 Å². The van der Waals surface area contributed by atoms with Crippen molar-refractivity contribution in [1.29, 1.82) is 0 Å². The van der Waals surface area contributed by atoms with Crippen molar-refractivity contribution >= 4 is 52.4 Å². The number of ether oxygens (including phenoxy) is 1. The van der Waals surface area contributed by atoms with Crippen molar-refractivity contribution in [2.75, 3.05) is 17.7 Å². The largest absolute Gasteiger partial charge is 0.458 e. The Morgan fingerprint density at radius 2 is 1.86 bits per heavy atom. The van der Waals surface area contributed by atoms with Gasteiger partial charge in [0.2, 0.25) is 5.91 Å². The fourth-order valence-electron chi connectivity index (χ4n) is 3.60. The Kier molecular flexibility index (Phi) is 9.78. The maximum Gasteiger partial charge on any atom is 0.329 e. The van der Waals surface area contributed by atoms with Gasteiger partial charge in [0, 0.05) is 11.4 Å². The first-order chi connectivity index (χ1) is 17.5. The topological polar surface area (TPSA) is 110 Å². The van der Waals surface area contributed by atoms with Crippen molar-refractivity contribution in [2.24, 2.45) is 0 Å². The number of carbonyl (C=O) groups is 2. The third kappa shape index (κ3) is 8.33. The molecule has 2 atom stereocenters. The van der Waals surface area contributed by atoms with Gasteiger partial charge in [0.15, 0.2) is 5.15 Å². The average molecular weight is 569 g/mol. The lowest BCUT2D eigenvalue weighted by Crippen LogP contribution is -2.52. The number of esters is 1.